The molecule has 7 nitrogen and oxygen atoms in total. The fraction of sp³-hybridized carbons (Fsp3) is 0.158. The van der Waals surface area contributed by atoms with Crippen LogP contribution < -0.4 is 5.32 Å². The van der Waals surface area contributed by atoms with E-state index in [1.54, 1.807) is 0 Å². The number of thiophene rings is 1. The monoisotopic (exact) mass is 384 g/mol. The third kappa shape index (κ3) is 3.52. The first-order valence-electron chi connectivity index (χ1n) is 7.93. The lowest BCUT2D eigenvalue weighted by molar-refractivity contribution is -0.150. The molecule has 0 aliphatic carbocycles. The SMILES string of the molecule is COC(=O)C(=O)Nc1c(C(=O)OC)sc2nc(C)cc(-c3ccccc3)c12. The topological polar surface area (TPSA) is 94.6 Å². The molecule has 27 heavy (non-hydrogen) atoms. The summed E-state index contributed by atoms with van der Waals surface area (Å²) in [6, 6.07) is 11.3. The summed E-state index contributed by atoms with van der Waals surface area (Å²) >= 11 is 1.09. The second-order valence-electron chi connectivity index (χ2n) is 5.60. The molecule has 0 bridgehead atoms. The molecule has 0 saturated heterocycles. The summed E-state index contributed by atoms with van der Waals surface area (Å²) in [5.74, 6) is -2.68. The number of anilines is 1. The van der Waals surface area contributed by atoms with Crippen molar-refractivity contribution in [2.45, 2.75) is 6.92 Å². The molecule has 0 fully saturated rings. The number of aromatic nitrogens is 1. The number of hydrogen-bond donors (Lipinski definition) is 1. The Balaban J connectivity index is 2.30. The molecular weight excluding hydrogens is 368 g/mol. The van der Waals surface area contributed by atoms with Gasteiger partial charge in [-0.1, -0.05) is 30.3 Å². The van der Waals surface area contributed by atoms with Gasteiger partial charge in [0.2, 0.25) is 0 Å². The van der Waals surface area contributed by atoms with Crippen molar-refractivity contribution in [3.63, 3.8) is 0 Å². The highest BCUT2D eigenvalue weighted by Gasteiger charge is 2.26. The Labute approximate surface area is 158 Å². The lowest BCUT2D eigenvalue weighted by Crippen LogP contribution is -2.24. The van der Waals surface area contributed by atoms with E-state index in [1.165, 1.54) is 7.11 Å². The fourth-order valence-electron chi connectivity index (χ4n) is 2.68. The van der Waals surface area contributed by atoms with Gasteiger partial charge in [-0.15, -0.1) is 11.3 Å². The summed E-state index contributed by atoms with van der Waals surface area (Å²) in [7, 11) is 2.35. The number of aryl methyl sites for hydroxylation is 1. The summed E-state index contributed by atoms with van der Waals surface area (Å²) in [4.78, 5) is 41.1. The van der Waals surface area contributed by atoms with E-state index in [0.717, 1.165) is 35.3 Å². The number of nitrogens with zero attached hydrogens (tertiary/aromatic N) is 1. The number of benzene rings is 1. The first kappa shape index (κ1) is 18.5. The molecule has 138 valence electrons. The molecule has 0 spiro atoms. The summed E-state index contributed by atoms with van der Waals surface area (Å²) in [5, 5.41) is 3.05. The van der Waals surface area contributed by atoms with E-state index in [9.17, 15) is 14.4 Å². The van der Waals surface area contributed by atoms with Crippen molar-refractivity contribution in [1.29, 1.82) is 0 Å². The lowest BCUT2D eigenvalue weighted by atomic mass is 10.0. The minimum Gasteiger partial charge on any atom is -0.465 e. The van der Waals surface area contributed by atoms with Crippen LogP contribution in [0.25, 0.3) is 21.3 Å². The summed E-state index contributed by atoms with van der Waals surface area (Å²) < 4.78 is 9.28. The van der Waals surface area contributed by atoms with E-state index in [1.807, 2.05) is 43.3 Å². The number of ether oxygens (including phenoxy) is 2. The van der Waals surface area contributed by atoms with Crippen molar-refractivity contribution in [1.82, 2.24) is 4.98 Å². The van der Waals surface area contributed by atoms with Gasteiger partial charge in [-0.2, -0.15) is 0 Å². The highest BCUT2D eigenvalue weighted by atomic mass is 32.1. The second kappa shape index (κ2) is 7.55. The summed E-state index contributed by atoms with van der Waals surface area (Å²) in [5.41, 5.74) is 2.61. The number of rotatable bonds is 3. The quantitative estimate of drug-likeness (QED) is 0.551. The number of methoxy groups -OCH3 is 2. The van der Waals surface area contributed by atoms with Gasteiger partial charge in [0.1, 0.15) is 9.71 Å². The maximum atomic E-state index is 12.3. The van der Waals surface area contributed by atoms with Crippen LogP contribution in [0.1, 0.15) is 15.4 Å². The number of hydrogen-bond acceptors (Lipinski definition) is 7. The van der Waals surface area contributed by atoms with Crippen molar-refractivity contribution in [2.24, 2.45) is 0 Å². The van der Waals surface area contributed by atoms with Crippen LogP contribution in [-0.2, 0) is 19.1 Å². The highest BCUT2D eigenvalue weighted by Crippen LogP contribution is 2.41. The number of nitrogens with one attached hydrogen (secondary N) is 1. The molecule has 2 heterocycles. The van der Waals surface area contributed by atoms with Crippen molar-refractivity contribution in [3.8, 4) is 11.1 Å². The number of esters is 2. The number of amides is 1. The van der Waals surface area contributed by atoms with Gasteiger partial charge in [-0.25, -0.2) is 14.6 Å². The van der Waals surface area contributed by atoms with Gasteiger partial charge in [0.25, 0.3) is 0 Å². The average Bonchev–Trinajstić information content (AvgIpc) is 3.04. The van der Waals surface area contributed by atoms with Crippen molar-refractivity contribution >= 4 is 45.1 Å². The smallest absolute Gasteiger partial charge is 0.396 e. The van der Waals surface area contributed by atoms with Crippen LogP contribution >= 0.6 is 11.3 Å². The van der Waals surface area contributed by atoms with Crippen LogP contribution in [0.5, 0.6) is 0 Å². The third-order valence-electron chi connectivity index (χ3n) is 3.86. The number of fused-ring (bicyclic) bond motifs is 1. The van der Waals surface area contributed by atoms with Gasteiger partial charge in [0.05, 0.1) is 19.9 Å². The Kier molecular flexibility index (Phi) is 5.18. The maximum absolute atomic E-state index is 12.3. The van der Waals surface area contributed by atoms with E-state index in [4.69, 9.17) is 4.74 Å². The van der Waals surface area contributed by atoms with Crippen LogP contribution in [0.3, 0.4) is 0 Å². The minimum absolute atomic E-state index is 0.153. The molecule has 0 unspecified atom stereocenters. The molecule has 0 radical (unpaired) electrons. The van der Waals surface area contributed by atoms with E-state index in [0.29, 0.717) is 10.2 Å². The van der Waals surface area contributed by atoms with E-state index in [2.05, 4.69) is 15.0 Å². The van der Waals surface area contributed by atoms with Crippen molar-refractivity contribution in [2.75, 3.05) is 19.5 Å². The molecule has 1 N–H and O–H groups in total. The molecule has 3 rings (SSSR count). The zero-order chi connectivity index (χ0) is 19.6. The molecular formula is C19H16N2O5S. The summed E-state index contributed by atoms with van der Waals surface area (Å²) in [6.45, 7) is 1.84. The molecule has 0 aliphatic heterocycles. The zero-order valence-electron chi connectivity index (χ0n) is 14.9. The minimum atomic E-state index is -1.06. The number of carbonyl (C=O) groups is 3. The van der Waals surface area contributed by atoms with Gasteiger partial charge in [0, 0.05) is 11.1 Å². The first-order chi connectivity index (χ1) is 13.0. The Morgan fingerprint density at radius 2 is 1.78 bits per heavy atom. The Morgan fingerprint density at radius 3 is 2.41 bits per heavy atom. The maximum Gasteiger partial charge on any atom is 0.396 e. The third-order valence-corrected chi connectivity index (χ3v) is 4.92. The van der Waals surface area contributed by atoms with E-state index in [-0.39, 0.29) is 10.6 Å². The van der Waals surface area contributed by atoms with E-state index >= 15 is 0 Å². The van der Waals surface area contributed by atoms with Gasteiger partial charge >= 0.3 is 17.8 Å². The Bertz CT molecular complexity index is 1040. The molecule has 0 atom stereocenters. The second-order valence-corrected chi connectivity index (χ2v) is 6.60. The molecule has 1 aromatic carbocycles. The predicted molar refractivity (Wildman–Crippen MR) is 102 cm³/mol. The molecule has 0 aliphatic rings. The lowest BCUT2D eigenvalue weighted by Gasteiger charge is -2.09. The van der Waals surface area contributed by atoms with Crippen molar-refractivity contribution < 1.29 is 23.9 Å². The normalized spacial score (nSPS) is 10.5. The van der Waals surface area contributed by atoms with Crippen LogP contribution in [-0.4, -0.2) is 37.0 Å². The number of pyridine rings is 1. The average molecular weight is 384 g/mol. The first-order valence-corrected chi connectivity index (χ1v) is 8.75. The summed E-state index contributed by atoms with van der Waals surface area (Å²) in [6.07, 6.45) is 0. The Morgan fingerprint density at radius 1 is 1.07 bits per heavy atom. The molecule has 1 amide bonds. The van der Waals surface area contributed by atoms with E-state index < -0.39 is 17.8 Å². The van der Waals surface area contributed by atoms with Crippen LogP contribution in [0.15, 0.2) is 36.4 Å². The molecule has 0 saturated carbocycles. The van der Waals surface area contributed by atoms with Gasteiger partial charge in [-0.3, -0.25) is 4.79 Å². The zero-order valence-corrected chi connectivity index (χ0v) is 15.7. The number of carbonyl (C=O) groups excluding carboxylic acids is 3. The predicted octanol–water partition coefficient (Wildman–Crippen LogP) is 3.17. The molecule has 8 heteroatoms. The highest BCUT2D eigenvalue weighted by molar-refractivity contribution is 7.21. The molecule has 3 aromatic rings. The molecule has 2 aromatic heterocycles. The van der Waals surface area contributed by atoms with Crippen molar-refractivity contribution in [3.05, 3.63) is 47.0 Å². The van der Waals surface area contributed by atoms with Gasteiger partial charge in [0.15, 0.2) is 0 Å². The standard InChI is InChI=1S/C19H16N2O5S/c1-10-9-12(11-7-5-4-6-8-11)13-14(21-16(22)19(24)26-3)15(18(23)25-2)27-17(13)20-10/h4-9H,1-3H3,(H,21,22). The fourth-order valence-corrected chi connectivity index (χ4v) is 3.80. The van der Waals surface area contributed by atoms with Gasteiger partial charge < -0.3 is 14.8 Å². The van der Waals surface area contributed by atoms with Crippen LogP contribution in [0.4, 0.5) is 5.69 Å². The van der Waals surface area contributed by atoms with Gasteiger partial charge in [-0.05, 0) is 24.1 Å². The van der Waals surface area contributed by atoms with Crippen LogP contribution in [0, 0.1) is 6.92 Å². The Hall–Kier alpha value is -3.26. The van der Waals surface area contributed by atoms with Crippen LogP contribution in [0.2, 0.25) is 0 Å². The largest absolute Gasteiger partial charge is 0.465 e.